The quantitative estimate of drug-likeness (QED) is 0.714. The number of sulfonamides is 1. The number of nitrogens with one attached hydrogen (secondary N) is 2. The minimum atomic E-state index is -3.77. The zero-order chi connectivity index (χ0) is 19.5. The topological polar surface area (TPSA) is 75.3 Å². The van der Waals surface area contributed by atoms with Crippen LogP contribution in [0.2, 0.25) is 0 Å². The number of rotatable bonds is 6. The van der Waals surface area contributed by atoms with Crippen LogP contribution in [0, 0.1) is 19.8 Å². The van der Waals surface area contributed by atoms with Crippen molar-refractivity contribution >= 4 is 39.1 Å². The minimum absolute atomic E-state index is 0.107. The third-order valence-corrected chi connectivity index (χ3v) is 6.27. The summed E-state index contributed by atoms with van der Waals surface area (Å²) in [6, 6.07) is 10.2. The first kappa shape index (κ1) is 20.3. The van der Waals surface area contributed by atoms with Crippen molar-refractivity contribution < 1.29 is 13.2 Å². The van der Waals surface area contributed by atoms with Gasteiger partial charge in [-0.25, -0.2) is 8.42 Å². The lowest BCUT2D eigenvalue weighted by Gasteiger charge is -2.15. The second-order valence-corrected chi connectivity index (χ2v) is 8.89. The van der Waals surface area contributed by atoms with Crippen LogP contribution in [0.25, 0.3) is 0 Å². The molecule has 0 atom stereocenters. The van der Waals surface area contributed by atoms with Gasteiger partial charge in [-0.3, -0.25) is 9.52 Å². The van der Waals surface area contributed by atoms with Crippen LogP contribution < -0.4 is 10.0 Å². The van der Waals surface area contributed by atoms with E-state index in [0.29, 0.717) is 11.4 Å². The van der Waals surface area contributed by atoms with E-state index in [2.05, 4.69) is 10.0 Å². The Morgan fingerprint density at radius 1 is 1.08 bits per heavy atom. The Balaban J connectivity index is 2.40. The standard InChI is InChI=1S/C19H24N2O3S2/c1-12(2)19(22)20-17-11-15(9-10-18(17)25-5)26(23,24)21-16-8-6-7-13(3)14(16)4/h6-12,21H,1-5H3,(H,20,22). The van der Waals surface area contributed by atoms with Gasteiger partial charge in [-0.15, -0.1) is 11.8 Å². The van der Waals surface area contributed by atoms with Crippen molar-refractivity contribution in [3.8, 4) is 0 Å². The van der Waals surface area contributed by atoms with Crippen molar-refractivity contribution in [2.75, 3.05) is 16.3 Å². The zero-order valence-electron chi connectivity index (χ0n) is 15.6. The fourth-order valence-electron chi connectivity index (χ4n) is 2.29. The van der Waals surface area contributed by atoms with Crippen LogP contribution in [0.15, 0.2) is 46.2 Å². The Hall–Kier alpha value is -1.99. The SMILES string of the molecule is CSc1ccc(S(=O)(=O)Nc2cccc(C)c2C)cc1NC(=O)C(C)C. The lowest BCUT2D eigenvalue weighted by Crippen LogP contribution is -2.19. The molecule has 2 aromatic rings. The molecule has 2 aromatic carbocycles. The van der Waals surface area contributed by atoms with Gasteiger partial charge in [-0.2, -0.15) is 0 Å². The highest BCUT2D eigenvalue weighted by molar-refractivity contribution is 7.98. The summed E-state index contributed by atoms with van der Waals surface area (Å²) in [5.74, 6) is -0.352. The first-order valence-electron chi connectivity index (χ1n) is 8.23. The van der Waals surface area contributed by atoms with Crippen molar-refractivity contribution in [1.29, 1.82) is 0 Å². The summed E-state index contributed by atoms with van der Waals surface area (Å²) < 4.78 is 28.2. The third kappa shape index (κ3) is 4.59. The van der Waals surface area contributed by atoms with E-state index in [0.717, 1.165) is 16.0 Å². The van der Waals surface area contributed by atoms with Crippen LogP contribution in [-0.4, -0.2) is 20.6 Å². The molecule has 1 amide bonds. The lowest BCUT2D eigenvalue weighted by atomic mass is 10.1. The van der Waals surface area contributed by atoms with Gasteiger partial charge < -0.3 is 5.32 Å². The van der Waals surface area contributed by atoms with Gasteiger partial charge in [0.15, 0.2) is 0 Å². The van der Waals surface area contributed by atoms with Gasteiger partial charge in [0.05, 0.1) is 16.3 Å². The summed E-state index contributed by atoms with van der Waals surface area (Å²) in [5, 5.41) is 2.81. The Bertz CT molecular complexity index is 922. The highest BCUT2D eigenvalue weighted by Crippen LogP contribution is 2.30. The molecule has 0 saturated heterocycles. The molecule has 0 radical (unpaired) electrons. The first-order chi connectivity index (χ1) is 12.2. The number of aryl methyl sites for hydroxylation is 1. The van der Waals surface area contributed by atoms with Crippen molar-refractivity contribution in [2.45, 2.75) is 37.5 Å². The van der Waals surface area contributed by atoms with E-state index in [9.17, 15) is 13.2 Å². The maximum Gasteiger partial charge on any atom is 0.261 e. The molecule has 0 saturated carbocycles. The molecule has 26 heavy (non-hydrogen) atoms. The van der Waals surface area contributed by atoms with Gasteiger partial charge in [-0.1, -0.05) is 26.0 Å². The summed E-state index contributed by atoms with van der Waals surface area (Å²) in [5.41, 5.74) is 2.93. The monoisotopic (exact) mass is 392 g/mol. The van der Waals surface area contributed by atoms with Crippen LogP contribution in [0.1, 0.15) is 25.0 Å². The number of benzene rings is 2. The average molecular weight is 393 g/mol. The molecule has 5 nitrogen and oxygen atoms in total. The largest absolute Gasteiger partial charge is 0.325 e. The summed E-state index contributed by atoms with van der Waals surface area (Å²) in [6.45, 7) is 7.38. The van der Waals surface area contributed by atoms with Gasteiger partial charge >= 0.3 is 0 Å². The van der Waals surface area contributed by atoms with Gasteiger partial charge in [0.25, 0.3) is 10.0 Å². The second-order valence-electron chi connectivity index (χ2n) is 6.36. The first-order valence-corrected chi connectivity index (χ1v) is 10.9. The molecule has 7 heteroatoms. The van der Waals surface area contributed by atoms with Crippen molar-refractivity contribution in [1.82, 2.24) is 0 Å². The molecule has 0 aliphatic rings. The maximum atomic E-state index is 12.8. The number of thioether (sulfide) groups is 1. The zero-order valence-corrected chi connectivity index (χ0v) is 17.2. The van der Waals surface area contributed by atoms with Gasteiger partial charge in [0, 0.05) is 10.8 Å². The lowest BCUT2D eigenvalue weighted by molar-refractivity contribution is -0.118. The third-order valence-electron chi connectivity index (χ3n) is 4.11. The van der Waals surface area contributed by atoms with Gasteiger partial charge in [0.1, 0.15) is 0 Å². The Kier molecular flexibility index (Phi) is 6.36. The van der Waals surface area contributed by atoms with Gasteiger partial charge in [-0.05, 0) is 55.5 Å². The highest BCUT2D eigenvalue weighted by Gasteiger charge is 2.19. The van der Waals surface area contributed by atoms with E-state index in [4.69, 9.17) is 0 Å². The molecule has 0 unspecified atom stereocenters. The molecule has 0 bridgehead atoms. The maximum absolute atomic E-state index is 12.8. The molecule has 0 aliphatic heterocycles. The van der Waals surface area contributed by atoms with E-state index < -0.39 is 10.0 Å². The molecule has 2 rings (SSSR count). The number of carbonyl (C=O) groups is 1. The summed E-state index contributed by atoms with van der Waals surface area (Å²) >= 11 is 1.45. The van der Waals surface area contributed by atoms with E-state index in [1.165, 1.54) is 17.8 Å². The van der Waals surface area contributed by atoms with E-state index in [1.807, 2.05) is 32.2 Å². The van der Waals surface area contributed by atoms with E-state index in [1.54, 1.807) is 32.0 Å². The molecular formula is C19H24N2O3S2. The number of amides is 1. The molecular weight excluding hydrogens is 368 g/mol. The minimum Gasteiger partial charge on any atom is -0.325 e. The van der Waals surface area contributed by atoms with Crippen molar-refractivity contribution in [2.24, 2.45) is 5.92 Å². The molecule has 0 aromatic heterocycles. The Morgan fingerprint density at radius 2 is 1.77 bits per heavy atom. The highest BCUT2D eigenvalue weighted by atomic mass is 32.2. The number of anilines is 2. The normalized spacial score (nSPS) is 11.5. The summed E-state index contributed by atoms with van der Waals surface area (Å²) in [7, 11) is -3.77. The molecule has 140 valence electrons. The Morgan fingerprint density at radius 3 is 2.38 bits per heavy atom. The van der Waals surface area contributed by atoms with Crippen LogP contribution >= 0.6 is 11.8 Å². The molecule has 0 spiro atoms. The van der Waals surface area contributed by atoms with Crippen molar-refractivity contribution in [3.63, 3.8) is 0 Å². The fraction of sp³-hybridized carbons (Fsp3) is 0.316. The molecule has 0 fully saturated rings. The van der Waals surface area contributed by atoms with Crippen molar-refractivity contribution in [3.05, 3.63) is 47.5 Å². The smallest absolute Gasteiger partial charge is 0.261 e. The molecule has 0 heterocycles. The summed E-state index contributed by atoms with van der Waals surface area (Å²) in [4.78, 5) is 12.9. The predicted octanol–water partition coefficient (Wildman–Crippen LogP) is 4.42. The van der Waals surface area contributed by atoms with E-state index in [-0.39, 0.29) is 16.7 Å². The Labute approximate surface area is 159 Å². The molecule has 0 aliphatic carbocycles. The average Bonchev–Trinajstić information content (AvgIpc) is 2.58. The van der Waals surface area contributed by atoms with Crippen LogP contribution in [-0.2, 0) is 14.8 Å². The van der Waals surface area contributed by atoms with Crippen LogP contribution in [0.5, 0.6) is 0 Å². The van der Waals surface area contributed by atoms with Gasteiger partial charge in [0.2, 0.25) is 5.91 Å². The summed E-state index contributed by atoms with van der Waals surface area (Å²) in [6.07, 6.45) is 1.88. The molecule has 2 N–H and O–H groups in total. The number of hydrogen-bond acceptors (Lipinski definition) is 4. The second kappa shape index (κ2) is 8.14. The fourth-order valence-corrected chi connectivity index (χ4v) is 3.98. The van der Waals surface area contributed by atoms with Crippen LogP contribution in [0.4, 0.5) is 11.4 Å². The van der Waals surface area contributed by atoms with Crippen LogP contribution in [0.3, 0.4) is 0 Å². The van der Waals surface area contributed by atoms with E-state index >= 15 is 0 Å². The predicted molar refractivity (Wildman–Crippen MR) is 108 cm³/mol. The number of carbonyl (C=O) groups excluding carboxylic acids is 1. The number of hydrogen-bond donors (Lipinski definition) is 2.